The standard InChI is InChI=1S/C75H146O17P2/c1-65(2)51-43-35-27-20-16-12-10-9-11-13-18-22-31-39-47-55-72(77)85-61-70(92-75(80)58-50-42-33-25-24-29-37-45-53-67(5)6)63-89-93(81,82)87-59-69(76)60-88-94(83,84)90-64-71(62-86-73(78)56-48-40-34-26-30-38-46-54-68(7)8)91-74(79)57-49-41-32-23-19-15-14-17-21-28-36-44-52-66(3)4/h65-71,76H,9-64H2,1-8H3,(H,81,82)(H,83,84)/t69?,70-,71-/m1/s1. The molecule has 0 heterocycles. The number of aliphatic hydroxyl groups is 1. The van der Waals surface area contributed by atoms with E-state index in [0.717, 1.165) is 114 Å². The molecule has 0 amide bonds. The first-order chi connectivity index (χ1) is 45.1. The highest BCUT2D eigenvalue weighted by Crippen LogP contribution is 2.45. The summed E-state index contributed by atoms with van der Waals surface area (Å²) in [4.78, 5) is 72.7. The number of rotatable bonds is 72. The van der Waals surface area contributed by atoms with Gasteiger partial charge < -0.3 is 33.8 Å². The van der Waals surface area contributed by atoms with E-state index in [1.807, 2.05) is 0 Å². The highest BCUT2D eigenvalue weighted by Gasteiger charge is 2.30. The fourth-order valence-corrected chi connectivity index (χ4v) is 13.0. The maximum absolute atomic E-state index is 13.1. The van der Waals surface area contributed by atoms with Crippen LogP contribution in [0.1, 0.15) is 376 Å². The van der Waals surface area contributed by atoms with Crippen LogP contribution < -0.4 is 0 Å². The van der Waals surface area contributed by atoms with Crippen LogP contribution in [0.3, 0.4) is 0 Å². The molecule has 0 bridgehead atoms. The van der Waals surface area contributed by atoms with Crippen molar-refractivity contribution in [3.8, 4) is 0 Å². The van der Waals surface area contributed by atoms with Crippen molar-refractivity contribution in [3.63, 3.8) is 0 Å². The zero-order valence-corrected chi connectivity index (χ0v) is 63.4. The van der Waals surface area contributed by atoms with Crippen LogP contribution in [0.2, 0.25) is 0 Å². The molecule has 0 radical (unpaired) electrons. The Bertz CT molecular complexity index is 1850. The van der Waals surface area contributed by atoms with E-state index >= 15 is 0 Å². The van der Waals surface area contributed by atoms with Crippen LogP contribution in [0.25, 0.3) is 0 Å². The molecule has 94 heavy (non-hydrogen) atoms. The quantitative estimate of drug-likeness (QED) is 0.0222. The van der Waals surface area contributed by atoms with Crippen molar-refractivity contribution in [3.05, 3.63) is 0 Å². The van der Waals surface area contributed by atoms with Crippen molar-refractivity contribution in [2.75, 3.05) is 39.6 Å². The van der Waals surface area contributed by atoms with Gasteiger partial charge in [-0.15, -0.1) is 0 Å². The maximum atomic E-state index is 13.1. The van der Waals surface area contributed by atoms with Gasteiger partial charge in [0.15, 0.2) is 12.2 Å². The number of esters is 4. The van der Waals surface area contributed by atoms with E-state index in [-0.39, 0.29) is 25.7 Å². The number of hydrogen-bond acceptors (Lipinski definition) is 15. The average molecular weight is 1380 g/mol. The second-order valence-corrected chi connectivity index (χ2v) is 31.9. The van der Waals surface area contributed by atoms with Crippen LogP contribution in [-0.4, -0.2) is 96.7 Å². The molecule has 0 aromatic carbocycles. The van der Waals surface area contributed by atoms with Gasteiger partial charge in [0.1, 0.15) is 19.3 Å². The summed E-state index contributed by atoms with van der Waals surface area (Å²) in [5.41, 5.74) is 0. The lowest BCUT2D eigenvalue weighted by Crippen LogP contribution is -2.30. The van der Waals surface area contributed by atoms with Gasteiger partial charge in [-0.1, -0.05) is 325 Å². The number of ether oxygens (including phenoxy) is 4. The third-order valence-corrected chi connectivity index (χ3v) is 19.2. The fraction of sp³-hybridized carbons (Fsp3) is 0.947. The van der Waals surface area contributed by atoms with Crippen LogP contribution in [0, 0.1) is 23.7 Å². The van der Waals surface area contributed by atoms with Crippen molar-refractivity contribution in [1.29, 1.82) is 0 Å². The van der Waals surface area contributed by atoms with Crippen LogP contribution in [0.5, 0.6) is 0 Å². The Labute approximate surface area is 575 Å². The van der Waals surface area contributed by atoms with E-state index in [0.29, 0.717) is 31.6 Å². The van der Waals surface area contributed by atoms with Crippen molar-refractivity contribution < 1.29 is 80.2 Å². The Morgan fingerprint density at radius 2 is 0.447 bits per heavy atom. The molecule has 5 atom stereocenters. The Morgan fingerprint density at radius 1 is 0.266 bits per heavy atom. The van der Waals surface area contributed by atoms with Gasteiger partial charge in [-0.05, 0) is 49.4 Å². The Balaban J connectivity index is 5.21. The fourth-order valence-electron chi connectivity index (χ4n) is 11.4. The molecule has 0 saturated heterocycles. The topological polar surface area (TPSA) is 237 Å². The van der Waals surface area contributed by atoms with Crippen LogP contribution in [0.15, 0.2) is 0 Å². The summed E-state index contributed by atoms with van der Waals surface area (Å²) in [7, 11) is -9.91. The van der Waals surface area contributed by atoms with Crippen LogP contribution in [-0.2, 0) is 65.4 Å². The molecule has 0 aromatic rings. The molecule has 558 valence electrons. The molecule has 0 rings (SSSR count). The first-order valence-corrected chi connectivity index (χ1v) is 41.7. The molecule has 0 aliphatic heterocycles. The van der Waals surface area contributed by atoms with Crippen LogP contribution in [0.4, 0.5) is 0 Å². The molecule has 0 saturated carbocycles. The summed E-state index contributed by atoms with van der Waals surface area (Å²) >= 11 is 0. The predicted octanol–water partition coefficient (Wildman–Crippen LogP) is 21.7. The number of hydrogen-bond donors (Lipinski definition) is 3. The minimum absolute atomic E-state index is 0.104. The lowest BCUT2D eigenvalue weighted by molar-refractivity contribution is -0.161. The highest BCUT2D eigenvalue weighted by molar-refractivity contribution is 7.47. The van der Waals surface area contributed by atoms with Crippen molar-refractivity contribution >= 4 is 39.5 Å². The van der Waals surface area contributed by atoms with Gasteiger partial charge in [0.05, 0.1) is 26.4 Å². The normalized spacial score (nSPS) is 14.2. The third-order valence-electron chi connectivity index (χ3n) is 17.3. The van der Waals surface area contributed by atoms with E-state index < -0.39 is 97.5 Å². The van der Waals surface area contributed by atoms with E-state index in [4.69, 9.17) is 37.0 Å². The Kier molecular flexibility index (Phi) is 63.1. The molecular formula is C75H146O17P2. The van der Waals surface area contributed by atoms with Gasteiger partial charge in [0, 0.05) is 25.7 Å². The molecule has 19 heteroatoms. The minimum Gasteiger partial charge on any atom is -0.462 e. The SMILES string of the molecule is CC(C)CCCCCCCCCCCCCCCCCC(=O)OC[C@H](COP(=O)(O)OCC(O)COP(=O)(O)OC[C@@H](COC(=O)CCCCCCCCCC(C)C)OC(=O)CCCCCCCCCCCCCCC(C)C)OC(=O)CCCCCCCCCCC(C)C. The maximum Gasteiger partial charge on any atom is 0.472 e. The summed E-state index contributed by atoms with van der Waals surface area (Å²) in [5.74, 6) is 0.882. The van der Waals surface area contributed by atoms with E-state index in [2.05, 4.69) is 55.4 Å². The van der Waals surface area contributed by atoms with E-state index in [9.17, 15) is 43.2 Å². The number of aliphatic hydroxyl groups excluding tert-OH is 1. The van der Waals surface area contributed by atoms with E-state index in [1.165, 1.54) is 173 Å². The average Bonchev–Trinajstić information content (AvgIpc) is 2.11. The van der Waals surface area contributed by atoms with Gasteiger partial charge >= 0.3 is 39.5 Å². The lowest BCUT2D eigenvalue weighted by Gasteiger charge is -2.21. The Morgan fingerprint density at radius 3 is 0.660 bits per heavy atom. The van der Waals surface area contributed by atoms with Crippen molar-refractivity contribution in [2.24, 2.45) is 23.7 Å². The molecule has 17 nitrogen and oxygen atoms in total. The molecular weight excluding hydrogens is 1230 g/mol. The molecule has 0 aliphatic rings. The number of carbonyl (C=O) groups excluding carboxylic acids is 4. The summed E-state index contributed by atoms with van der Waals surface area (Å²) in [6, 6.07) is 0. The van der Waals surface area contributed by atoms with Gasteiger partial charge in [-0.25, -0.2) is 9.13 Å². The van der Waals surface area contributed by atoms with Gasteiger partial charge in [0.2, 0.25) is 0 Å². The molecule has 0 spiro atoms. The van der Waals surface area contributed by atoms with Crippen LogP contribution >= 0.6 is 15.6 Å². The number of carbonyl (C=O) groups is 4. The molecule has 3 N–H and O–H groups in total. The smallest absolute Gasteiger partial charge is 0.462 e. The summed E-state index contributed by atoms with van der Waals surface area (Å²) in [6.07, 6.45) is 48.7. The largest absolute Gasteiger partial charge is 0.472 e. The monoisotopic (exact) mass is 1380 g/mol. The van der Waals surface area contributed by atoms with Crippen molar-refractivity contribution in [2.45, 2.75) is 395 Å². The first kappa shape index (κ1) is 92.1. The second-order valence-electron chi connectivity index (χ2n) is 28.9. The highest BCUT2D eigenvalue weighted by atomic mass is 31.2. The zero-order valence-electron chi connectivity index (χ0n) is 61.6. The number of phosphoric ester groups is 2. The number of phosphoric acid groups is 2. The first-order valence-electron chi connectivity index (χ1n) is 38.7. The second kappa shape index (κ2) is 64.4. The van der Waals surface area contributed by atoms with Crippen molar-refractivity contribution in [1.82, 2.24) is 0 Å². The molecule has 0 aromatic heterocycles. The minimum atomic E-state index is -4.96. The van der Waals surface area contributed by atoms with Gasteiger partial charge in [-0.2, -0.15) is 0 Å². The Hall–Kier alpha value is -1.94. The summed E-state index contributed by atoms with van der Waals surface area (Å²) in [6.45, 7) is 14.1. The summed E-state index contributed by atoms with van der Waals surface area (Å²) in [5, 5.41) is 10.6. The van der Waals surface area contributed by atoms with E-state index in [1.54, 1.807) is 0 Å². The molecule has 0 fully saturated rings. The van der Waals surface area contributed by atoms with Gasteiger partial charge in [-0.3, -0.25) is 37.3 Å². The van der Waals surface area contributed by atoms with Gasteiger partial charge in [0.25, 0.3) is 0 Å². The summed E-state index contributed by atoms with van der Waals surface area (Å²) < 4.78 is 68.4. The molecule has 0 aliphatic carbocycles. The lowest BCUT2D eigenvalue weighted by atomic mass is 10.0. The third kappa shape index (κ3) is 68.6. The zero-order chi connectivity index (χ0) is 69.6. The molecule has 3 unspecified atom stereocenters. The predicted molar refractivity (Wildman–Crippen MR) is 381 cm³/mol. The number of unbranched alkanes of at least 4 members (excludes halogenated alkanes) is 38.